The molecule has 3 aromatic rings. The summed E-state index contributed by atoms with van der Waals surface area (Å²) in [7, 11) is 1.24. The molecule has 11 nitrogen and oxygen atoms in total. The molecule has 0 radical (unpaired) electrons. The highest BCUT2D eigenvalue weighted by Crippen LogP contribution is 2.39. The van der Waals surface area contributed by atoms with Crippen LogP contribution in [0, 0.1) is 0 Å². The zero-order valence-corrected chi connectivity index (χ0v) is 20.2. The van der Waals surface area contributed by atoms with Gasteiger partial charge in [-0.05, 0) is 19.1 Å². The maximum Gasteiger partial charge on any atom is 0.418 e. The first kappa shape index (κ1) is 26.6. The van der Waals surface area contributed by atoms with Gasteiger partial charge >= 0.3 is 12.3 Å². The average Bonchev–Trinajstić information content (AvgIpc) is 3.45. The first-order valence-corrected chi connectivity index (χ1v) is 11.2. The van der Waals surface area contributed by atoms with Crippen LogP contribution in [0.25, 0.3) is 16.8 Å². The Bertz CT molecular complexity index is 1390. The van der Waals surface area contributed by atoms with E-state index in [1.807, 2.05) is 0 Å². The maximum absolute atomic E-state index is 14.7. The number of nitrogen functional groups attached to an aromatic ring is 1. The number of nitrogens with zero attached hydrogens (tertiary/aromatic N) is 5. The number of methoxy groups -OCH3 is 1. The normalized spacial score (nSPS) is 18.3. The summed E-state index contributed by atoms with van der Waals surface area (Å²) in [6.07, 6.45) is -4.13. The molecular formula is C23H23F4N7O4. The van der Waals surface area contributed by atoms with E-state index in [0.29, 0.717) is 0 Å². The minimum Gasteiger partial charge on any atom is -0.480 e. The fraction of sp³-hybridized carbons (Fsp3) is 0.348. The van der Waals surface area contributed by atoms with Crippen molar-refractivity contribution in [1.29, 1.82) is 0 Å². The van der Waals surface area contributed by atoms with E-state index in [-0.39, 0.29) is 35.8 Å². The predicted octanol–water partition coefficient (Wildman–Crippen LogP) is 2.86. The Balaban J connectivity index is 1.64. The molecule has 1 saturated heterocycles. The van der Waals surface area contributed by atoms with Gasteiger partial charge in [-0.2, -0.15) is 18.3 Å². The largest absolute Gasteiger partial charge is 0.480 e. The van der Waals surface area contributed by atoms with Gasteiger partial charge in [0.05, 0.1) is 31.0 Å². The Hall–Kier alpha value is -4.43. The monoisotopic (exact) mass is 537 g/mol. The number of likely N-dealkylation sites (tertiary alicyclic amines) is 1. The summed E-state index contributed by atoms with van der Waals surface area (Å²) in [4.78, 5) is 34.1. The second-order valence-electron chi connectivity index (χ2n) is 8.45. The van der Waals surface area contributed by atoms with Crippen LogP contribution in [0.15, 0.2) is 37.3 Å². The molecule has 1 unspecified atom stereocenters. The van der Waals surface area contributed by atoms with Crippen LogP contribution in [-0.4, -0.2) is 75.0 Å². The molecule has 1 aliphatic heterocycles. The van der Waals surface area contributed by atoms with Crippen LogP contribution in [0.5, 0.6) is 5.88 Å². The molecule has 38 heavy (non-hydrogen) atoms. The Kier molecular flexibility index (Phi) is 7.11. The van der Waals surface area contributed by atoms with Crippen molar-refractivity contribution in [3.63, 3.8) is 0 Å². The number of carbonyl (C=O) groups is 2. The van der Waals surface area contributed by atoms with Crippen LogP contribution >= 0.6 is 0 Å². The molecule has 3 atom stereocenters. The molecule has 0 spiro atoms. The smallest absolute Gasteiger partial charge is 0.418 e. The molecule has 3 aromatic heterocycles. The molecule has 0 aromatic carbocycles. The van der Waals surface area contributed by atoms with Crippen LogP contribution in [0.2, 0.25) is 0 Å². The molecule has 2 amide bonds. The van der Waals surface area contributed by atoms with Crippen molar-refractivity contribution in [2.75, 3.05) is 25.9 Å². The molecule has 3 N–H and O–H groups in total. The minimum absolute atomic E-state index is 0.0693. The van der Waals surface area contributed by atoms with E-state index in [1.165, 1.54) is 25.4 Å². The van der Waals surface area contributed by atoms with Gasteiger partial charge in [-0.3, -0.25) is 4.79 Å². The second-order valence-corrected chi connectivity index (χ2v) is 8.45. The summed E-state index contributed by atoms with van der Waals surface area (Å²) in [5.74, 6) is -1.36. The van der Waals surface area contributed by atoms with Crippen LogP contribution in [0.3, 0.4) is 0 Å². The molecule has 4 heterocycles. The lowest BCUT2D eigenvalue weighted by atomic mass is 10.1. The van der Waals surface area contributed by atoms with Gasteiger partial charge in [0.15, 0.2) is 5.82 Å². The van der Waals surface area contributed by atoms with Gasteiger partial charge in [-0.25, -0.2) is 23.7 Å². The zero-order valence-electron chi connectivity index (χ0n) is 20.2. The van der Waals surface area contributed by atoms with E-state index in [4.69, 9.17) is 15.2 Å². The van der Waals surface area contributed by atoms with Crippen molar-refractivity contribution >= 4 is 23.3 Å². The van der Waals surface area contributed by atoms with Crippen molar-refractivity contribution < 1.29 is 36.6 Å². The highest BCUT2D eigenvalue weighted by atomic mass is 19.4. The highest BCUT2D eigenvalue weighted by molar-refractivity contribution is 5.98. The second kappa shape index (κ2) is 10.1. The number of hydrogen-bond acceptors (Lipinski definition) is 8. The van der Waals surface area contributed by atoms with E-state index in [9.17, 15) is 27.2 Å². The summed E-state index contributed by atoms with van der Waals surface area (Å²) < 4.78 is 66.9. The van der Waals surface area contributed by atoms with Crippen molar-refractivity contribution in [3.05, 3.63) is 48.4 Å². The first-order chi connectivity index (χ1) is 17.9. The number of pyridine rings is 1. The number of hydrogen-bond donors (Lipinski definition) is 2. The number of carbonyl (C=O) groups excluding carboxylic acids is 2. The van der Waals surface area contributed by atoms with Gasteiger partial charge in [0.1, 0.15) is 29.7 Å². The number of anilines is 1. The van der Waals surface area contributed by atoms with Crippen LogP contribution in [-0.2, 0) is 10.9 Å². The highest BCUT2D eigenvalue weighted by Gasteiger charge is 2.39. The minimum atomic E-state index is -4.77. The number of fused-ring (bicyclic) bond motifs is 1. The SMILES string of the molecule is C=CC(C)OC(=O)N1C[C@H](F)[C@H](NC(=O)c2cc(-c3cc(C(F)(F)F)c4c(N)ncnn34)cnc2OC)C1. The number of alkyl halides is 4. The van der Waals surface area contributed by atoms with E-state index >= 15 is 0 Å². The van der Waals surface area contributed by atoms with E-state index < -0.39 is 53.4 Å². The Labute approximate surface area is 213 Å². The Morgan fingerprint density at radius 1 is 1.29 bits per heavy atom. The van der Waals surface area contributed by atoms with Gasteiger partial charge in [0, 0.05) is 18.3 Å². The lowest BCUT2D eigenvalue weighted by Crippen LogP contribution is -2.42. The Morgan fingerprint density at radius 3 is 2.68 bits per heavy atom. The third kappa shape index (κ3) is 5.03. The number of rotatable bonds is 6. The molecule has 4 rings (SSSR count). The summed E-state index contributed by atoms with van der Waals surface area (Å²) in [5, 5.41) is 6.37. The summed E-state index contributed by atoms with van der Waals surface area (Å²) in [6.45, 7) is 4.62. The average molecular weight is 537 g/mol. The fourth-order valence-corrected chi connectivity index (χ4v) is 3.98. The lowest BCUT2D eigenvalue weighted by molar-refractivity contribution is -0.136. The van der Waals surface area contributed by atoms with Crippen molar-refractivity contribution in [3.8, 4) is 17.1 Å². The third-order valence-electron chi connectivity index (χ3n) is 5.91. The van der Waals surface area contributed by atoms with Crippen LogP contribution in [0.1, 0.15) is 22.8 Å². The quantitative estimate of drug-likeness (QED) is 0.362. The molecule has 0 aliphatic carbocycles. The number of nitrogens with two attached hydrogens (primary N) is 1. The molecular weight excluding hydrogens is 514 g/mol. The maximum atomic E-state index is 14.7. The van der Waals surface area contributed by atoms with E-state index in [1.54, 1.807) is 6.92 Å². The van der Waals surface area contributed by atoms with Gasteiger partial charge in [0.25, 0.3) is 5.91 Å². The number of ether oxygens (including phenoxy) is 2. The number of nitrogens with one attached hydrogen (secondary N) is 1. The lowest BCUT2D eigenvalue weighted by Gasteiger charge is -2.18. The Morgan fingerprint density at radius 2 is 2.03 bits per heavy atom. The van der Waals surface area contributed by atoms with Gasteiger partial charge in [-0.15, -0.1) is 0 Å². The van der Waals surface area contributed by atoms with Gasteiger partial charge < -0.3 is 25.4 Å². The molecule has 0 saturated carbocycles. The van der Waals surface area contributed by atoms with Crippen molar-refractivity contribution in [2.24, 2.45) is 0 Å². The molecule has 1 fully saturated rings. The van der Waals surface area contributed by atoms with Crippen molar-refractivity contribution in [2.45, 2.75) is 31.4 Å². The number of aromatic nitrogens is 4. The van der Waals surface area contributed by atoms with E-state index in [2.05, 4.69) is 27.0 Å². The summed E-state index contributed by atoms with van der Waals surface area (Å²) in [6, 6.07) is 0.968. The third-order valence-corrected chi connectivity index (χ3v) is 5.91. The van der Waals surface area contributed by atoms with E-state index in [0.717, 1.165) is 21.8 Å². The first-order valence-electron chi connectivity index (χ1n) is 11.2. The van der Waals surface area contributed by atoms with Gasteiger partial charge in [-0.1, -0.05) is 12.7 Å². The number of amides is 2. The van der Waals surface area contributed by atoms with Gasteiger partial charge in [0.2, 0.25) is 5.88 Å². The summed E-state index contributed by atoms with van der Waals surface area (Å²) >= 11 is 0. The predicted molar refractivity (Wildman–Crippen MR) is 126 cm³/mol. The fourth-order valence-electron chi connectivity index (χ4n) is 3.98. The molecule has 202 valence electrons. The van der Waals surface area contributed by atoms with Crippen LogP contribution < -0.4 is 15.8 Å². The standard InChI is InChI=1S/C23H23F4N7O4/c1-4-11(2)38-22(36)33-8-15(24)16(9-33)32-20(35)13-5-12(7-29-21(13)37-3)17-6-14(23(25,26)27)18-19(28)30-10-31-34(17)18/h4-7,10-11,15-16H,1,8-9H2,2-3H3,(H,32,35)(H2,28,30,31)/t11?,15-,16+/m0/s1. The topological polar surface area (TPSA) is 137 Å². The molecule has 0 bridgehead atoms. The number of halogens is 4. The van der Waals surface area contributed by atoms with Crippen LogP contribution in [0.4, 0.5) is 28.2 Å². The molecule has 15 heteroatoms. The zero-order chi connectivity index (χ0) is 27.8. The molecule has 1 aliphatic rings. The summed E-state index contributed by atoms with van der Waals surface area (Å²) in [5.41, 5.74) is 3.99. The van der Waals surface area contributed by atoms with Crippen molar-refractivity contribution in [1.82, 2.24) is 29.8 Å².